The molecule has 1 unspecified atom stereocenters. The molecule has 1 rings (SSSR count). The van der Waals surface area contributed by atoms with Crippen molar-refractivity contribution >= 4 is 0 Å². The van der Waals surface area contributed by atoms with Crippen LogP contribution < -0.4 is 5.73 Å². The lowest BCUT2D eigenvalue weighted by atomic mass is 9.83. The van der Waals surface area contributed by atoms with E-state index in [4.69, 9.17) is 5.73 Å². The van der Waals surface area contributed by atoms with Crippen LogP contribution >= 0.6 is 0 Å². The summed E-state index contributed by atoms with van der Waals surface area (Å²) in [5.74, 6) is 0.174. The maximum atomic E-state index is 10.2. The first kappa shape index (κ1) is 14.0. The van der Waals surface area contributed by atoms with E-state index >= 15 is 0 Å². The molecule has 0 aromatic heterocycles. The van der Waals surface area contributed by atoms with E-state index < -0.39 is 6.10 Å². The van der Waals surface area contributed by atoms with Crippen LogP contribution in [-0.4, -0.2) is 16.8 Å². The van der Waals surface area contributed by atoms with Crippen molar-refractivity contribution in [1.82, 2.24) is 0 Å². The van der Waals surface area contributed by atoms with E-state index in [0.717, 1.165) is 17.5 Å². The molecule has 0 spiro atoms. The van der Waals surface area contributed by atoms with Crippen LogP contribution in [0.4, 0.5) is 0 Å². The highest BCUT2D eigenvalue weighted by molar-refractivity contribution is 5.48. The van der Waals surface area contributed by atoms with E-state index in [0.29, 0.717) is 5.56 Å². The summed E-state index contributed by atoms with van der Waals surface area (Å²) in [6, 6.07) is 3.84. The van der Waals surface area contributed by atoms with E-state index in [1.54, 1.807) is 0 Å². The molecular weight excluding hydrogens is 214 g/mol. The standard InChI is InChI=1S/C14H23NO2/c1-5-9-6-10(12(16)8-15)13(17)11(7-9)14(2,3)4/h6-7,12,16-17H,5,8,15H2,1-4H3. The van der Waals surface area contributed by atoms with E-state index in [1.807, 2.05) is 32.9 Å². The van der Waals surface area contributed by atoms with Crippen molar-refractivity contribution in [2.45, 2.75) is 45.6 Å². The Bertz CT molecular complexity index is 394. The molecule has 0 aliphatic carbocycles. The highest BCUT2D eigenvalue weighted by Gasteiger charge is 2.23. The molecular formula is C14H23NO2. The molecule has 0 radical (unpaired) electrons. The lowest BCUT2D eigenvalue weighted by Gasteiger charge is -2.24. The van der Waals surface area contributed by atoms with Gasteiger partial charge in [0, 0.05) is 12.1 Å². The minimum absolute atomic E-state index is 0.115. The predicted molar refractivity (Wildman–Crippen MR) is 70.2 cm³/mol. The number of phenols is 1. The Balaban J connectivity index is 3.41. The number of nitrogens with two attached hydrogens (primary N) is 1. The first-order chi connectivity index (χ1) is 7.81. The maximum absolute atomic E-state index is 10.2. The molecule has 0 aliphatic rings. The van der Waals surface area contributed by atoms with Crippen molar-refractivity contribution in [2.24, 2.45) is 5.73 Å². The SMILES string of the molecule is CCc1cc(C(O)CN)c(O)c(C(C)(C)C)c1. The second-order valence-electron chi connectivity index (χ2n) is 5.44. The number of hydrogen-bond donors (Lipinski definition) is 3. The zero-order valence-electron chi connectivity index (χ0n) is 11.1. The van der Waals surface area contributed by atoms with Gasteiger partial charge in [0.2, 0.25) is 0 Å². The number of hydrogen-bond acceptors (Lipinski definition) is 3. The molecule has 0 amide bonds. The minimum Gasteiger partial charge on any atom is -0.507 e. The van der Waals surface area contributed by atoms with Crippen LogP contribution in [0.2, 0.25) is 0 Å². The fourth-order valence-electron chi connectivity index (χ4n) is 1.88. The van der Waals surface area contributed by atoms with Crippen molar-refractivity contribution < 1.29 is 10.2 Å². The smallest absolute Gasteiger partial charge is 0.125 e. The van der Waals surface area contributed by atoms with Gasteiger partial charge in [0.25, 0.3) is 0 Å². The summed E-state index contributed by atoms with van der Waals surface area (Å²) in [7, 11) is 0. The summed E-state index contributed by atoms with van der Waals surface area (Å²) in [6.45, 7) is 8.29. The Hall–Kier alpha value is -1.06. The van der Waals surface area contributed by atoms with Gasteiger partial charge in [0.1, 0.15) is 5.75 Å². The van der Waals surface area contributed by atoms with Crippen molar-refractivity contribution in [3.63, 3.8) is 0 Å². The third-order valence-corrected chi connectivity index (χ3v) is 3.00. The highest BCUT2D eigenvalue weighted by Crippen LogP contribution is 2.36. The quantitative estimate of drug-likeness (QED) is 0.755. The number of aliphatic hydroxyl groups excluding tert-OH is 1. The Kier molecular flexibility index (Phi) is 4.17. The van der Waals surface area contributed by atoms with Gasteiger partial charge < -0.3 is 15.9 Å². The first-order valence-corrected chi connectivity index (χ1v) is 6.05. The summed E-state index contributed by atoms with van der Waals surface area (Å²) in [6.07, 6.45) is 0.0656. The summed E-state index contributed by atoms with van der Waals surface area (Å²) in [5, 5.41) is 20.1. The van der Waals surface area contributed by atoms with Crippen LogP contribution in [0.5, 0.6) is 5.75 Å². The Morgan fingerprint density at radius 1 is 1.29 bits per heavy atom. The first-order valence-electron chi connectivity index (χ1n) is 6.05. The lowest BCUT2D eigenvalue weighted by Crippen LogP contribution is -2.16. The summed E-state index contributed by atoms with van der Waals surface area (Å²) >= 11 is 0. The van der Waals surface area contributed by atoms with E-state index in [9.17, 15) is 10.2 Å². The van der Waals surface area contributed by atoms with Gasteiger partial charge >= 0.3 is 0 Å². The topological polar surface area (TPSA) is 66.5 Å². The van der Waals surface area contributed by atoms with Gasteiger partial charge in [-0.2, -0.15) is 0 Å². The molecule has 4 N–H and O–H groups in total. The van der Waals surface area contributed by atoms with E-state index in [2.05, 4.69) is 6.92 Å². The van der Waals surface area contributed by atoms with Gasteiger partial charge in [-0.05, 0) is 29.0 Å². The third kappa shape index (κ3) is 2.99. The molecule has 3 nitrogen and oxygen atoms in total. The van der Waals surface area contributed by atoms with E-state index in [-0.39, 0.29) is 17.7 Å². The molecule has 1 aromatic rings. The van der Waals surface area contributed by atoms with Gasteiger partial charge in [0.15, 0.2) is 0 Å². The lowest BCUT2D eigenvalue weighted by molar-refractivity contribution is 0.182. The van der Waals surface area contributed by atoms with Crippen LogP contribution in [0.1, 0.15) is 50.5 Å². The van der Waals surface area contributed by atoms with Crippen LogP contribution in [0, 0.1) is 0 Å². The van der Waals surface area contributed by atoms with Crippen LogP contribution in [-0.2, 0) is 11.8 Å². The fourth-order valence-corrected chi connectivity index (χ4v) is 1.88. The summed E-state index contributed by atoms with van der Waals surface area (Å²) < 4.78 is 0. The zero-order valence-corrected chi connectivity index (χ0v) is 11.1. The Labute approximate surface area is 103 Å². The number of aliphatic hydroxyl groups is 1. The van der Waals surface area contributed by atoms with Crippen molar-refractivity contribution in [2.75, 3.05) is 6.54 Å². The van der Waals surface area contributed by atoms with Crippen LogP contribution in [0.15, 0.2) is 12.1 Å². The van der Waals surface area contributed by atoms with E-state index in [1.165, 1.54) is 0 Å². The van der Waals surface area contributed by atoms with Crippen LogP contribution in [0.25, 0.3) is 0 Å². The largest absolute Gasteiger partial charge is 0.507 e. The monoisotopic (exact) mass is 237 g/mol. The minimum atomic E-state index is -0.803. The molecule has 96 valence electrons. The predicted octanol–water partition coefficient (Wildman–Crippen LogP) is 2.24. The second kappa shape index (κ2) is 5.07. The molecule has 1 aromatic carbocycles. The molecule has 0 saturated heterocycles. The average Bonchev–Trinajstić information content (AvgIpc) is 2.26. The molecule has 1 atom stereocenters. The molecule has 0 bridgehead atoms. The molecule has 0 heterocycles. The van der Waals surface area contributed by atoms with Gasteiger partial charge in [-0.3, -0.25) is 0 Å². The fraction of sp³-hybridized carbons (Fsp3) is 0.571. The van der Waals surface area contributed by atoms with Gasteiger partial charge in [0.05, 0.1) is 6.10 Å². The third-order valence-electron chi connectivity index (χ3n) is 3.00. The number of phenolic OH excluding ortho intramolecular Hbond substituents is 1. The normalized spacial score (nSPS) is 13.8. The summed E-state index contributed by atoms with van der Waals surface area (Å²) in [4.78, 5) is 0. The molecule has 3 heteroatoms. The second-order valence-corrected chi connectivity index (χ2v) is 5.44. The number of rotatable bonds is 3. The zero-order chi connectivity index (χ0) is 13.2. The number of aryl methyl sites for hydroxylation is 1. The van der Waals surface area contributed by atoms with Crippen molar-refractivity contribution in [3.05, 3.63) is 28.8 Å². The maximum Gasteiger partial charge on any atom is 0.125 e. The van der Waals surface area contributed by atoms with Gasteiger partial charge in [-0.25, -0.2) is 0 Å². The van der Waals surface area contributed by atoms with Crippen molar-refractivity contribution in [1.29, 1.82) is 0 Å². The number of aromatic hydroxyl groups is 1. The Morgan fingerprint density at radius 3 is 2.29 bits per heavy atom. The highest BCUT2D eigenvalue weighted by atomic mass is 16.3. The van der Waals surface area contributed by atoms with Crippen LogP contribution in [0.3, 0.4) is 0 Å². The summed E-state index contributed by atoms with van der Waals surface area (Å²) in [5.41, 5.74) is 7.81. The van der Waals surface area contributed by atoms with Crippen molar-refractivity contribution in [3.8, 4) is 5.75 Å². The van der Waals surface area contributed by atoms with Gasteiger partial charge in [-0.1, -0.05) is 33.8 Å². The van der Waals surface area contributed by atoms with Gasteiger partial charge in [-0.15, -0.1) is 0 Å². The number of benzene rings is 1. The average molecular weight is 237 g/mol. The molecule has 0 fully saturated rings. The molecule has 17 heavy (non-hydrogen) atoms. The molecule has 0 saturated carbocycles. The molecule has 0 aliphatic heterocycles. The Morgan fingerprint density at radius 2 is 1.88 bits per heavy atom.